The highest BCUT2D eigenvalue weighted by Crippen LogP contribution is 2.28. The van der Waals surface area contributed by atoms with Crippen LogP contribution in [0.1, 0.15) is 11.1 Å². The molecule has 0 atom stereocenters. The Bertz CT molecular complexity index is 1170. The van der Waals surface area contributed by atoms with Crippen molar-refractivity contribution in [2.24, 2.45) is 0 Å². The zero-order valence-electron chi connectivity index (χ0n) is 16.9. The lowest BCUT2D eigenvalue weighted by atomic mass is 10.1. The number of esters is 1. The normalized spacial score (nSPS) is 10.6. The van der Waals surface area contributed by atoms with Gasteiger partial charge < -0.3 is 18.9 Å². The number of aromatic nitrogens is 1. The third-order valence-electron chi connectivity index (χ3n) is 4.31. The van der Waals surface area contributed by atoms with Crippen LogP contribution in [-0.2, 0) is 16.1 Å². The topological polar surface area (TPSA) is 90.7 Å². The highest BCUT2D eigenvalue weighted by Gasteiger charge is 2.09. The molecule has 158 valence electrons. The third kappa shape index (κ3) is 5.65. The number of hydrogen-bond acceptors (Lipinski definition) is 7. The molecule has 2 aromatic carbocycles. The first-order valence-corrected chi connectivity index (χ1v) is 9.57. The molecule has 0 bridgehead atoms. The molecule has 1 heterocycles. The van der Waals surface area contributed by atoms with Gasteiger partial charge in [0.25, 0.3) is 0 Å². The second-order valence-electron chi connectivity index (χ2n) is 6.30. The molecule has 7 nitrogen and oxygen atoms in total. The zero-order chi connectivity index (χ0) is 22.2. The molecule has 0 fully saturated rings. The van der Waals surface area contributed by atoms with E-state index in [2.05, 4.69) is 4.98 Å². The molecule has 0 saturated heterocycles. The third-order valence-corrected chi connectivity index (χ3v) is 4.64. The van der Waals surface area contributed by atoms with Gasteiger partial charge in [0.15, 0.2) is 18.1 Å². The van der Waals surface area contributed by atoms with Crippen LogP contribution in [0.4, 0.5) is 0 Å². The second-order valence-corrected chi connectivity index (χ2v) is 6.65. The van der Waals surface area contributed by atoms with Gasteiger partial charge in [-0.25, -0.2) is 9.78 Å². The Kier molecular flexibility index (Phi) is 7.31. The van der Waals surface area contributed by atoms with E-state index in [1.54, 1.807) is 37.5 Å². The number of hydrogen-bond donors (Lipinski definition) is 0. The predicted octanol–water partition coefficient (Wildman–Crippen LogP) is 4.56. The average molecular weight is 439 g/mol. The van der Waals surface area contributed by atoms with Gasteiger partial charge in [0, 0.05) is 23.1 Å². The molecule has 31 heavy (non-hydrogen) atoms. The quantitative estimate of drug-likeness (QED) is 0.289. The molecule has 0 saturated carbocycles. The molecule has 3 aromatic rings. The number of pyridine rings is 1. The molecule has 0 spiro atoms. The van der Waals surface area contributed by atoms with Gasteiger partial charge in [0.1, 0.15) is 23.6 Å². The van der Waals surface area contributed by atoms with Gasteiger partial charge in [-0.2, -0.15) is 5.26 Å². The number of carbonyl (C=O) groups excluding carboxylic acids is 1. The standard InChI is InChI=1S/C23H19ClN2O5/c1-28-18-6-5-16-12-17(23(24)26-19(16)13-18)14-31-22(27)8-4-15-3-7-20(30-10-9-25)21(11-15)29-2/h3-8,11-13H,10,14H2,1-2H3/b8-4+. The number of fused-ring (bicyclic) bond motifs is 1. The maximum absolute atomic E-state index is 12.1. The van der Waals surface area contributed by atoms with Gasteiger partial charge in [0.05, 0.1) is 19.7 Å². The summed E-state index contributed by atoms with van der Waals surface area (Å²) in [5, 5.41) is 9.74. The fourth-order valence-electron chi connectivity index (χ4n) is 2.77. The fourth-order valence-corrected chi connectivity index (χ4v) is 2.97. The van der Waals surface area contributed by atoms with Crippen molar-refractivity contribution in [2.45, 2.75) is 6.61 Å². The van der Waals surface area contributed by atoms with Crippen molar-refractivity contribution in [1.82, 2.24) is 4.98 Å². The highest BCUT2D eigenvalue weighted by molar-refractivity contribution is 6.30. The summed E-state index contributed by atoms with van der Waals surface area (Å²) in [6.07, 6.45) is 2.89. The van der Waals surface area contributed by atoms with E-state index in [0.29, 0.717) is 33.9 Å². The average Bonchev–Trinajstić information content (AvgIpc) is 2.79. The number of halogens is 1. The lowest BCUT2D eigenvalue weighted by Gasteiger charge is -2.09. The first-order valence-electron chi connectivity index (χ1n) is 9.20. The van der Waals surface area contributed by atoms with Gasteiger partial charge in [-0.05, 0) is 42.0 Å². The molecule has 8 heteroatoms. The molecular weight excluding hydrogens is 420 g/mol. The Balaban J connectivity index is 1.65. The van der Waals surface area contributed by atoms with Crippen LogP contribution < -0.4 is 14.2 Å². The summed E-state index contributed by atoms with van der Waals surface area (Å²) >= 11 is 6.23. The van der Waals surface area contributed by atoms with Crippen molar-refractivity contribution in [2.75, 3.05) is 20.8 Å². The van der Waals surface area contributed by atoms with Gasteiger partial charge in [-0.15, -0.1) is 0 Å². The summed E-state index contributed by atoms with van der Waals surface area (Å²) in [6.45, 7) is -0.0984. The number of benzene rings is 2. The first-order chi connectivity index (χ1) is 15.0. The van der Waals surface area contributed by atoms with E-state index < -0.39 is 5.97 Å². The number of methoxy groups -OCH3 is 2. The van der Waals surface area contributed by atoms with E-state index in [1.807, 2.05) is 24.3 Å². The van der Waals surface area contributed by atoms with Gasteiger partial charge >= 0.3 is 5.97 Å². The van der Waals surface area contributed by atoms with E-state index in [0.717, 1.165) is 5.39 Å². The number of ether oxygens (including phenoxy) is 4. The molecule has 0 aliphatic rings. The molecule has 3 rings (SSSR count). The maximum atomic E-state index is 12.1. The first kappa shape index (κ1) is 21.9. The Labute approximate surface area is 184 Å². The lowest BCUT2D eigenvalue weighted by molar-refractivity contribution is -0.138. The zero-order valence-corrected chi connectivity index (χ0v) is 17.7. The minimum absolute atomic E-state index is 0.0127. The van der Waals surface area contributed by atoms with Crippen LogP contribution in [0.2, 0.25) is 5.15 Å². The van der Waals surface area contributed by atoms with Crippen molar-refractivity contribution in [1.29, 1.82) is 5.26 Å². The molecule has 0 amide bonds. The van der Waals surface area contributed by atoms with E-state index in [4.69, 9.17) is 35.8 Å². The van der Waals surface area contributed by atoms with E-state index in [9.17, 15) is 4.79 Å². The van der Waals surface area contributed by atoms with Crippen LogP contribution in [0.25, 0.3) is 17.0 Å². The molecule has 0 radical (unpaired) electrons. The van der Waals surface area contributed by atoms with E-state index in [1.165, 1.54) is 13.2 Å². The van der Waals surface area contributed by atoms with Crippen molar-refractivity contribution >= 4 is 34.5 Å². The van der Waals surface area contributed by atoms with Gasteiger partial charge in [-0.1, -0.05) is 17.7 Å². The molecular formula is C23H19ClN2O5. The molecule has 0 N–H and O–H groups in total. The van der Waals surface area contributed by atoms with Crippen LogP contribution >= 0.6 is 11.6 Å². The molecule has 0 aliphatic heterocycles. The highest BCUT2D eigenvalue weighted by atomic mass is 35.5. The molecule has 0 aliphatic carbocycles. The summed E-state index contributed by atoms with van der Waals surface area (Å²) in [5.41, 5.74) is 2.00. The van der Waals surface area contributed by atoms with Crippen molar-refractivity contribution in [3.8, 4) is 23.3 Å². The Hall–Kier alpha value is -3.76. The van der Waals surface area contributed by atoms with Crippen LogP contribution in [-0.4, -0.2) is 31.8 Å². The monoisotopic (exact) mass is 438 g/mol. The van der Waals surface area contributed by atoms with Crippen molar-refractivity contribution < 1.29 is 23.7 Å². The maximum Gasteiger partial charge on any atom is 0.331 e. The number of nitriles is 1. The summed E-state index contributed by atoms with van der Waals surface area (Å²) in [7, 11) is 3.07. The minimum atomic E-state index is -0.533. The van der Waals surface area contributed by atoms with Crippen LogP contribution in [0, 0.1) is 11.3 Å². The van der Waals surface area contributed by atoms with Crippen molar-refractivity contribution in [3.05, 3.63) is 64.8 Å². The molecule has 1 aromatic heterocycles. The summed E-state index contributed by atoms with van der Waals surface area (Å²) in [6, 6.07) is 14.3. The summed E-state index contributed by atoms with van der Waals surface area (Å²) < 4.78 is 21.0. The molecule has 0 unspecified atom stereocenters. The summed E-state index contributed by atoms with van der Waals surface area (Å²) in [4.78, 5) is 16.5. The Morgan fingerprint density at radius 1 is 1.13 bits per heavy atom. The van der Waals surface area contributed by atoms with Crippen LogP contribution in [0.5, 0.6) is 17.2 Å². The number of rotatable bonds is 8. The van der Waals surface area contributed by atoms with Gasteiger partial charge in [-0.3, -0.25) is 0 Å². The van der Waals surface area contributed by atoms with E-state index >= 15 is 0 Å². The Morgan fingerprint density at radius 2 is 1.97 bits per heavy atom. The predicted molar refractivity (Wildman–Crippen MR) is 116 cm³/mol. The fraction of sp³-hybridized carbons (Fsp3) is 0.174. The lowest BCUT2D eigenvalue weighted by Crippen LogP contribution is -2.02. The largest absolute Gasteiger partial charge is 0.497 e. The summed E-state index contributed by atoms with van der Waals surface area (Å²) in [5.74, 6) is 1.05. The van der Waals surface area contributed by atoms with Crippen LogP contribution in [0.3, 0.4) is 0 Å². The smallest absolute Gasteiger partial charge is 0.331 e. The Morgan fingerprint density at radius 3 is 2.71 bits per heavy atom. The van der Waals surface area contributed by atoms with Crippen molar-refractivity contribution in [3.63, 3.8) is 0 Å². The SMILES string of the molecule is COc1ccc2cc(COC(=O)/C=C/c3ccc(OCC#N)c(OC)c3)c(Cl)nc2c1. The number of nitrogens with zero attached hydrogens (tertiary/aromatic N) is 2. The van der Waals surface area contributed by atoms with Crippen LogP contribution in [0.15, 0.2) is 48.5 Å². The number of carbonyl (C=O) groups is 1. The second kappa shape index (κ2) is 10.3. The van der Waals surface area contributed by atoms with E-state index in [-0.39, 0.29) is 18.4 Å². The van der Waals surface area contributed by atoms with Gasteiger partial charge in [0.2, 0.25) is 0 Å². The minimum Gasteiger partial charge on any atom is -0.497 e.